The Kier molecular flexibility index (Phi) is 7.19. The van der Waals surface area contributed by atoms with Gasteiger partial charge in [0, 0.05) is 38.5 Å². The number of benzene rings is 1. The Morgan fingerprint density at radius 3 is 2.48 bits per heavy atom. The van der Waals surface area contributed by atoms with Crippen LogP contribution in [0.1, 0.15) is 50.5 Å². The van der Waals surface area contributed by atoms with Crippen LogP contribution in [0.5, 0.6) is 0 Å². The molecule has 7 heteroatoms. The lowest BCUT2D eigenvalue weighted by Crippen LogP contribution is -2.56. The molecule has 29 heavy (non-hydrogen) atoms. The van der Waals surface area contributed by atoms with Crippen LogP contribution in [0.3, 0.4) is 0 Å². The molecule has 4 nitrogen and oxygen atoms in total. The first-order chi connectivity index (χ1) is 13.8. The van der Waals surface area contributed by atoms with E-state index in [0.717, 1.165) is 25.7 Å². The number of carbonyl (C=O) groups excluding carboxylic acids is 2. The Morgan fingerprint density at radius 1 is 1.00 bits per heavy atom. The van der Waals surface area contributed by atoms with Gasteiger partial charge in [-0.2, -0.15) is 13.2 Å². The van der Waals surface area contributed by atoms with Crippen LogP contribution in [0.15, 0.2) is 30.3 Å². The molecule has 160 valence electrons. The zero-order valence-corrected chi connectivity index (χ0v) is 16.7. The molecule has 0 bridgehead atoms. The van der Waals surface area contributed by atoms with Crippen molar-refractivity contribution in [3.8, 4) is 0 Å². The first kappa shape index (κ1) is 21.7. The summed E-state index contributed by atoms with van der Waals surface area (Å²) >= 11 is 0. The van der Waals surface area contributed by atoms with Gasteiger partial charge in [-0.1, -0.05) is 30.3 Å². The maximum Gasteiger partial charge on any atom is 0.389 e. The van der Waals surface area contributed by atoms with Crippen molar-refractivity contribution in [1.82, 2.24) is 9.80 Å². The maximum absolute atomic E-state index is 12.6. The van der Waals surface area contributed by atoms with Crippen LogP contribution in [0.2, 0.25) is 0 Å². The number of alkyl halides is 3. The number of fused-ring (bicyclic) bond motifs is 1. The number of nitrogens with zero attached hydrogens (tertiary/aromatic N) is 2. The molecule has 0 spiro atoms. The van der Waals surface area contributed by atoms with E-state index in [-0.39, 0.29) is 17.9 Å². The van der Waals surface area contributed by atoms with Crippen LogP contribution in [0, 0.1) is 5.92 Å². The second-order valence-corrected chi connectivity index (χ2v) is 8.14. The van der Waals surface area contributed by atoms with E-state index in [4.69, 9.17) is 0 Å². The third-order valence-electron chi connectivity index (χ3n) is 6.06. The highest BCUT2D eigenvalue weighted by Gasteiger charge is 2.39. The van der Waals surface area contributed by atoms with Crippen LogP contribution in [-0.2, 0) is 16.0 Å². The molecule has 2 amide bonds. The summed E-state index contributed by atoms with van der Waals surface area (Å²) in [6.45, 7) is 1.72. The van der Waals surface area contributed by atoms with Crippen LogP contribution in [-0.4, -0.2) is 53.5 Å². The van der Waals surface area contributed by atoms with Crippen molar-refractivity contribution in [2.24, 2.45) is 5.92 Å². The third kappa shape index (κ3) is 6.21. The molecule has 2 saturated heterocycles. The Bertz CT molecular complexity index is 693. The van der Waals surface area contributed by atoms with E-state index in [1.54, 1.807) is 4.90 Å². The van der Waals surface area contributed by atoms with Gasteiger partial charge in [0.15, 0.2) is 0 Å². The minimum absolute atomic E-state index is 0.0298. The molecular weight excluding hydrogens is 381 g/mol. The normalized spacial score (nSPS) is 22.3. The second-order valence-electron chi connectivity index (χ2n) is 8.14. The fraction of sp³-hybridized carbons (Fsp3) is 0.636. The molecule has 0 radical (unpaired) electrons. The molecule has 1 aromatic carbocycles. The fourth-order valence-corrected chi connectivity index (χ4v) is 4.58. The van der Waals surface area contributed by atoms with Crippen molar-refractivity contribution in [3.05, 3.63) is 35.9 Å². The minimum atomic E-state index is -4.31. The smallest absolute Gasteiger partial charge is 0.342 e. The van der Waals surface area contributed by atoms with E-state index in [1.165, 1.54) is 5.56 Å². The molecule has 3 rings (SSSR count). The standard InChI is InChI=1S/C22H29F3N2O2/c23-22(24,25)13-11-21(29)27-14-5-9-18-16-26(15-12-19(18)27)20(28)10-4-8-17-6-2-1-3-7-17/h1-3,6-7,18-19H,4-5,8-16H2/t18-,19+/m1/s1. The summed E-state index contributed by atoms with van der Waals surface area (Å²) in [5, 5.41) is 0. The molecule has 0 aromatic heterocycles. The molecule has 2 aliphatic rings. The zero-order chi connectivity index (χ0) is 20.9. The van der Waals surface area contributed by atoms with E-state index in [1.807, 2.05) is 23.1 Å². The van der Waals surface area contributed by atoms with Gasteiger partial charge >= 0.3 is 6.18 Å². The fourth-order valence-electron chi connectivity index (χ4n) is 4.58. The summed E-state index contributed by atoms with van der Waals surface area (Å²) in [4.78, 5) is 28.5. The van der Waals surface area contributed by atoms with Crippen LogP contribution in [0.4, 0.5) is 13.2 Å². The van der Waals surface area contributed by atoms with Crippen LogP contribution < -0.4 is 0 Å². The highest BCUT2D eigenvalue weighted by Crippen LogP contribution is 2.32. The van der Waals surface area contributed by atoms with Gasteiger partial charge in [-0.25, -0.2) is 0 Å². The SMILES string of the molecule is O=C(CCCc1ccccc1)N1CC[C@H]2[C@H](CCCN2C(=O)CCC(F)(F)F)C1. The number of aryl methyl sites for hydroxylation is 1. The summed E-state index contributed by atoms with van der Waals surface area (Å²) in [7, 11) is 0. The van der Waals surface area contributed by atoms with E-state index < -0.39 is 24.9 Å². The Hall–Kier alpha value is -2.05. The van der Waals surface area contributed by atoms with Crippen molar-refractivity contribution in [2.75, 3.05) is 19.6 Å². The molecule has 2 aliphatic heterocycles. The Balaban J connectivity index is 1.47. The number of halogens is 3. The van der Waals surface area contributed by atoms with Crippen LogP contribution >= 0.6 is 0 Å². The summed E-state index contributed by atoms with van der Waals surface area (Å²) in [5.74, 6) is -0.0926. The van der Waals surface area contributed by atoms with Gasteiger partial charge in [0.2, 0.25) is 11.8 Å². The summed E-state index contributed by atoms with van der Waals surface area (Å²) < 4.78 is 37.4. The highest BCUT2D eigenvalue weighted by molar-refractivity contribution is 5.77. The van der Waals surface area contributed by atoms with E-state index >= 15 is 0 Å². The number of likely N-dealkylation sites (tertiary alicyclic amines) is 2. The van der Waals surface area contributed by atoms with Crippen molar-refractivity contribution < 1.29 is 22.8 Å². The van der Waals surface area contributed by atoms with E-state index in [0.29, 0.717) is 32.5 Å². The molecule has 0 unspecified atom stereocenters. The molecule has 1 aromatic rings. The number of hydrogen-bond acceptors (Lipinski definition) is 2. The predicted molar refractivity (Wildman–Crippen MR) is 104 cm³/mol. The number of amides is 2. The molecule has 0 N–H and O–H groups in total. The van der Waals surface area contributed by atoms with E-state index in [9.17, 15) is 22.8 Å². The van der Waals surface area contributed by atoms with Gasteiger partial charge in [0.05, 0.1) is 6.42 Å². The lowest BCUT2D eigenvalue weighted by atomic mass is 9.83. The van der Waals surface area contributed by atoms with Gasteiger partial charge in [-0.15, -0.1) is 0 Å². The van der Waals surface area contributed by atoms with Gasteiger partial charge in [0.25, 0.3) is 0 Å². The highest BCUT2D eigenvalue weighted by atomic mass is 19.4. The lowest BCUT2D eigenvalue weighted by molar-refractivity contribution is -0.154. The van der Waals surface area contributed by atoms with Crippen molar-refractivity contribution >= 4 is 11.8 Å². The summed E-state index contributed by atoms with van der Waals surface area (Å²) in [6.07, 6.45) is -1.31. The minimum Gasteiger partial charge on any atom is -0.342 e. The molecule has 2 heterocycles. The molecular formula is C22H29F3N2O2. The number of piperidine rings is 2. The monoisotopic (exact) mass is 410 g/mol. The van der Waals surface area contributed by atoms with Crippen molar-refractivity contribution in [3.63, 3.8) is 0 Å². The van der Waals surface area contributed by atoms with Gasteiger partial charge in [-0.3, -0.25) is 9.59 Å². The average molecular weight is 410 g/mol. The summed E-state index contributed by atoms with van der Waals surface area (Å²) in [6, 6.07) is 10.0. The van der Waals surface area contributed by atoms with Crippen molar-refractivity contribution in [2.45, 2.75) is 63.6 Å². The number of carbonyl (C=O) groups is 2. The zero-order valence-electron chi connectivity index (χ0n) is 16.7. The second kappa shape index (κ2) is 9.63. The van der Waals surface area contributed by atoms with Crippen molar-refractivity contribution in [1.29, 1.82) is 0 Å². The van der Waals surface area contributed by atoms with Gasteiger partial charge < -0.3 is 9.80 Å². The van der Waals surface area contributed by atoms with Gasteiger partial charge in [-0.05, 0) is 43.6 Å². The first-order valence-electron chi connectivity index (χ1n) is 10.5. The number of hydrogen-bond donors (Lipinski definition) is 0. The first-order valence-corrected chi connectivity index (χ1v) is 10.5. The molecule has 0 aliphatic carbocycles. The molecule has 2 atom stereocenters. The topological polar surface area (TPSA) is 40.6 Å². The lowest BCUT2D eigenvalue weighted by Gasteiger charge is -2.47. The maximum atomic E-state index is 12.6. The Morgan fingerprint density at radius 2 is 1.76 bits per heavy atom. The average Bonchev–Trinajstić information content (AvgIpc) is 2.71. The Labute approximate surface area is 170 Å². The molecule has 0 saturated carbocycles. The van der Waals surface area contributed by atoms with Crippen LogP contribution in [0.25, 0.3) is 0 Å². The molecule has 2 fully saturated rings. The third-order valence-corrected chi connectivity index (χ3v) is 6.06. The van der Waals surface area contributed by atoms with E-state index in [2.05, 4.69) is 12.1 Å². The summed E-state index contributed by atoms with van der Waals surface area (Å²) in [5.41, 5.74) is 1.22. The predicted octanol–water partition coefficient (Wildman–Crippen LogP) is 4.19. The van der Waals surface area contributed by atoms with Gasteiger partial charge in [0.1, 0.15) is 0 Å². The quantitative estimate of drug-likeness (QED) is 0.706. The largest absolute Gasteiger partial charge is 0.389 e. The number of rotatable bonds is 6.